The van der Waals surface area contributed by atoms with Crippen molar-refractivity contribution < 1.29 is 28.2 Å². The van der Waals surface area contributed by atoms with E-state index < -0.39 is 30.6 Å². The van der Waals surface area contributed by atoms with Crippen LogP contribution in [0.4, 0.5) is 26.1 Å². The number of benzene rings is 2. The number of alkyl halides is 2. The van der Waals surface area contributed by atoms with E-state index in [4.69, 9.17) is 9.47 Å². The summed E-state index contributed by atoms with van der Waals surface area (Å²) in [5, 5.41) is 22.5. The Morgan fingerprint density at radius 2 is 1.89 bits per heavy atom. The monoisotopic (exact) mass is 619 g/mol. The molecular weight excluding hydrogens is 584 g/mol. The van der Waals surface area contributed by atoms with Gasteiger partial charge in [-0.3, -0.25) is 9.69 Å². The smallest absolute Gasteiger partial charge is 0.301 e. The van der Waals surface area contributed by atoms with Crippen molar-refractivity contribution in [1.82, 2.24) is 19.8 Å². The van der Waals surface area contributed by atoms with Crippen LogP contribution in [0.5, 0.6) is 5.75 Å². The van der Waals surface area contributed by atoms with Crippen molar-refractivity contribution in [1.29, 1.82) is 5.26 Å². The van der Waals surface area contributed by atoms with Gasteiger partial charge in [0.15, 0.2) is 6.10 Å². The highest BCUT2D eigenvalue weighted by atomic mass is 19.3. The Labute approximate surface area is 260 Å². The SMILES string of the molecule is CC(O)C(=O)N1CC[C@H](Oc2ccc(-c3ccnc(Nc4ccc(N5CCN(C6COC6)CC5)cc4)n3)cc2C#N)C(F)(F)C1. The van der Waals surface area contributed by atoms with Crippen LogP contribution in [0.15, 0.2) is 54.7 Å². The van der Waals surface area contributed by atoms with Crippen molar-refractivity contribution >= 4 is 23.2 Å². The number of aromatic nitrogens is 2. The average molecular weight is 620 g/mol. The number of nitrogens with one attached hydrogen (secondary N) is 1. The number of amides is 1. The van der Waals surface area contributed by atoms with Crippen LogP contribution in [0, 0.1) is 11.3 Å². The highest BCUT2D eigenvalue weighted by Gasteiger charge is 2.48. The number of carbonyl (C=O) groups excluding carboxylic acids is 1. The molecule has 0 bridgehead atoms. The number of nitrogens with zero attached hydrogens (tertiary/aromatic N) is 6. The minimum absolute atomic E-state index is 0.0109. The van der Waals surface area contributed by atoms with Crippen LogP contribution in [0.1, 0.15) is 18.9 Å². The first kappa shape index (κ1) is 30.6. The number of halogens is 2. The minimum atomic E-state index is -3.36. The van der Waals surface area contributed by atoms with E-state index in [0.717, 1.165) is 55.7 Å². The number of carbonyl (C=O) groups is 1. The van der Waals surface area contributed by atoms with Gasteiger partial charge in [0.2, 0.25) is 5.95 Å². The molecule has 4 heterocycles. The Morgan fingerprint density at radius 3 is 2.53 bits per heavy atom. The van der Waals surface area contributed by atoms with Gasteiger partial charge in [0.05, 0.1) is 37.1 Å². The van der Waals surface area contributed by atoms with Gasteiger partial charge in [-0.05, 0) is 55.5 Å². The summed E-state index contributed by atoms with van der Waals surface area (Å²) >= 11 is 0. The number of piperidine rings is 1. The minimum Gasteiger partial charge on any atom is -0.483 e. The number of hydrogen-bond donors (Lipinski definition) is 2. The molecule has 3 fully saturated rings. The number of ether oxygens (including phenoxy) is 2. The Hall–Kier alpha value is -4.38. The van der Waals surface area contributed by atoms with Gasteiger partial charge in [-0.1, -0.05) is 0 Å². The molecule has 2 N–H and O–H groups in total. The van der Waals surface area contributed by atoms with Crippen LogP contribution in [0.25, 0.3) is 11.3 Å². The Kier molecular flexibility index (Phi) is 8.80. The van der Waals surface area contributed by atoms with E-state index in [-0.39, 0.29) is 24.3 Å². The molecule has 2 aromatic carbocycles. The highest BCUT2D eigenvalue weighted by Crippen LogP contribution is 2.34. The van der Waals surface area contributed by atoms with E-state index in [9.17, 15) is 23.9 Å². The zero-order valence-electron chi connectivity index (χ0n) is 24.9. The number of rotatable bonds is 8. The van der Waals surface area contributed by atoms with Crippen molar-refractivity contribution in [3.8, 4) is 23.1 Å². The van der Waals surface area contributed by atoms with Crippen molar-refractivity contribution in [3.63, 3.8) is 0 Å². The van der Waals surface area contributed by atoms with Gasteiger partial charge in [0, 0.05) is 62.3 Å². The molecular formula is C32H35F2N7O4. The Bertz CT molecular complexity index is 1550. The number of aliphatic hydroxyl groups is 1. The molecule has 0 saturated carbocycles. The summed E-state index contributed by atoms with van der Waals surface area (Å²) in [7, 11) is 0. The number of hydrogen-bond acceptors (Lipinski definition) is 10. The molecule has 3 aromatic rings. The summed E-state index contributed by atoms with van der Waals surface area (Å²) in [5.74, 6) is -3.73. The van der Waals surface area contributed by atoms with Crippen LogP contribution in [-0.2, 0) is 9.53 Å². The quantitative estimate of drug-likeness (QED) is 0.388. The topological polar surface area (TPSA) is 127 Å². The fraction of sp³-hybridized carbons (Fsp3) is 0.438. The molecule has 3 saturated heterocycles. The second kappa shape index (κ2) is 12.9. The van der Waals surface area contributed by atoms with Gasteiger partial charge in [0.25, 0.3) is 5.91 Å². The van der Waals surface area contributed by atoms with Crippen LogP contribution in [-0.4, -0.2) is 107 Å². The molecule has 3 aliphatic heterocycles. The van der Waals surface area contributed by atoms with Gasteiger partial charge >= 0.3 is 5.92 Å². The second-order valence-corrected chi connectivity index (χ2v) is 11.6. The van der Waals surface area contributed by atoms with Crippen molar-refractivity contribution in [2.24, 2.45) is 0 Å². The molecule has 0 radical (unpaired) electrons. The predicted molar refractivity (Wildman–Crippen MR) is 163 cm³/mol. The molecule has 13 heteroatoms. The first-order valence-corrected chi connectivity index (χ1v) is 15.0. The molecule has 1 unspecified atom stereocenters. The summed E-state index contributed by atoms with van der Waals surface area (Å²) in [6.07, 6.45) is -1.43. The first-order chi connectivity index (χ1) is 21.7. The van der Waals surface area contributed by atoms with Crippen LogP contribution in [0.3, 0.4) is 0 Å². The maximum atomic E-state index is 14.9. The van der Waals surface area contributed by atoms with Crippen LogP contribution >= 0.6 is 0 Å². The molecule has 2 atom stereocenters. The van der Waals surface area contributed by atoms with Gasteiger partial charge < -0.3 is 29.7 Å². The van der Waals surface area contributed by atoms with Gasteiger partial charge in [-0.15, -0.1) is 0 Å². The third kappa shape index (κ3) is 6.83. The molecule has 0 spiro atoms. The van der Waals surface area contributed by atoms with E-state index in [0.29, 0.717) is 23.2 Å². The molecule has 236 valence electrons. The van der Waals surface area contributed by atoms with Gasteiger partial charge in [-0.2, -0.15) is 5.26 Å². The van der Waals surface area contributed by atoms with Crippen molar-refractivity contribution in [2.45, 2.75) is 37.5 Å². The fourth-order valence-electron chi connectivity index (χ4n) is 5.79. The lowest BCUT2D eigenvalue weighted by molar-refractivity contribution is -0.165. The fourth-order valence-corrected chi connectivity index (χ4v) is 5.79. The molecule has 1 amide bonds. The molecule has 3 aliphatic rings. The normalized spacial score (nSPS) is 21.0. The first-order valence-electron chi connectivity index (χ1n) is 15.0. The number of anilines is 3. The Balaban J connectivity index is 1.09. The molecule has 6 rings (SSSR count). The largest absolute Gasteiger partial charge is 0.483 e. The summed E-state index contributed by atoms with van der Waals surface area (Å²) in [4.78, 5) is 26.7. The van der Waals surface area contributed by atoms with Crippen molar-refractivity contribution in [3.05, 3.63) is 60.3 Å². The van der Waals surface area contributed by atoms with Gasteiger partial charge in [-0.25, -0.2) is 18.7 Å². The summed E-state index contributed by atoms with van der Waals surface area (Å²) in [6, 6.07) is 17.1. The summed E-state index contributed by atoms with van der Waals surface area (Å²) in [6.45, 7) is 6.04. The second-order valence-electron chi connectivity index (χ2n) is 11.6. The molecule has 11 nitrogen and oxygen atoms in total. The van der Waals surface area contributed by atoms with E-state index in [2.05, 4.69) is 37.2 Å². The van der Waals surface area contributed by atoms with E-state index in [1.807, 2.05) is 18.2 Å². The molecule has 0 aliphatic carbocycles. The maximum absolute atomic E-state index is 14.9. The zero-order valence-corrected chi connectivity index (χ0v) is 24.9. The van der Waals surface area contributed by atoms with Crippen LogP contribution < -0.4 is 15.0 Å². The lowest BCUT2D eigenvalue weighted by atomic mass is 10.0. The maximum Gasteiger partial charge on any atom is 0.301 e. The number of likely N-dealkylation sites (tertiary alicyclic amines) is 1. The highest BCUT2D eigenvalue weighted by molar-refractivity contribution is 5.80. The average Bonchev–Trinajstić information content (AvgIpc) is 3.01. The van der Waals surface area contributed by atoms with Crippen molar-refractivity contribution in [2.75, 3.05) is 62.7 Å². The zero-order chi connectivity index (χ0) is 31.6. The third-order valence-corrected chi connectivity index (χ3v) is 8.46. The summed E-state index contributed by atoms with van der Waals surface area (Å²) in [5.41, 5.74) is 3.19. The Morgan fingerprint density at radius 1 is 1.13 bits per heavy atom. The molecule has 45 heavy (non-hydrogen) atoms. The van der Waals surface area contributed by atoms with Crippen LogP contribution in [0.2, 0.25) is 0 Å². The lowest BCUT2D eigenvalue weighted by Gasteiger charge is -2.43. The molecule has 1 aromatic heterocycles. The summed E-state index contributed by atoms with van der Waals surface area (Å²) < 4.78 is 40.7. The van der Waals surface area contributed by atoms with E-state index in [1.54, 1.807) is 18.3 Å². The standard InChI is InChI=1S/C32H35F2N7O4/c1-21(42)30(43)41-11-9-29(32(33,34)20-41)45-28-7-2-22(16-23(28)17-35)27-8-10-36-31(38-27)37-24-3-5-25(6-4-24)39-12-14-40(15-13-39)26-18-44-19-26/h2-8,10,16,21,26,29,42H,9,11-15,18-20H2,1H3,(H,36,37,38)/t21?,29-/m0/s1. The predicted octanol–water partition coefficient (Wildman–Crippen LogP) is 3.28. The lowest BCUT2D eigenvalue weighted by Crippen LogP contribution is -2.56. The van der Waals surface area contributed by atoms with Gasteiger partial charge in [0.1, 0.15) is 17.9 Å². The van der Waals surface area contributed by atoms with E-state index >= 15 is 0 Å². The number of nitriles is 1. The number of aliphatic hydroxyl groups excluding tert-OH is 1. The number of piperazine rings is 1. The van der Waals surface area contributed by atoms with E-state index in [1.165, 1.54) is 19.1 Å². The third-order valence-electron chi connectivity index (χ3n) is 8.46.